The van der Waals surface area contributed by atoms with Crippen molar-refractivity contribution >= 4 is 0 Å². The summed E-state index contributed by atoms with van der Waals surface area (Å²) < 4.78 is 12.1. The fraction of sp³-hybridized carbons (Fsp3) is 0.364. The topological polar surface area (TPSA) is 41.9 Å². The summed E-state index contributed by atoms with van der Waals surface area (Å²) in [6, 6.07) is 19.8. The van der Waals surface area contributed by atoms with E-state index in [4.69, 9.17) is 9.47 Å². The maximum absolute atomic E-state index is 10.9. The Kier molecular flexibility index (Phi) is 5.89. The van der Waals surface area contributed by atoms with Crippen LogP contribution in [0.15, 0.2) is 73.3 Å². The van der Waals surface area contributed by atoms with E-state index in [0.29, 0.717) is 13.0 Å². The summed E-state index contributed by atoms with van der Waals surface area (Å²) in [4.78, 5) is 0. The molecule has 4 heteroatoms. The Morgan fingerprint density at radius 1 is 1.04 bits per heavy atom. The van der Waals surface area contributed by atoms with E-state index in [0.717, 1.165) is 11.1 Å². The van der Waals surface area contributed by atoms with Crippen molar-refractivity contribution in [3.63, 3.8) is 0 Å². The highest BCUT2D eigenvalue weighted by Crippen LogP contribution is 2.33. The van der Waals surface area contributed by atoms with Crippen LogP contribution < -0.4 is 0 Å². The molecular formula is C22H27NO3. The highest BCUT2D eigenvalue weighted by atomic mass is 16.8. The molecule has 1 heterocycles. The molecule has 0 aromatic heterocycles. The summed E-state index contributed by atoms with van der Waals surface area (Å²) in [5.74, 6) is -0.702. The second-order valence-electron chi connectivity index (χ2n) is 7.14. The van der Waals surface area contributed by atoms with E-state index in [1.165, 1.54) is 5.06 Å². The Hall–Kier alpha value is -1.98. The minimum atomic E-state index is -0.702. The molecule has 0 saturated carbocycles. The summed E-state index contributed by atoms with van der Waals surface area (Å²) in [6.07, 6.45) is 1.83. The van der Waals surface area contributed by atoms with Crippen molar-refractivity contribution in [2.24, 2.45) is 0 Å². The Bertz CT molecular complexity index is 702. The number of hydroxylamine groups is 2. The average molecular weight is 353 g/mol. The smallest absolute Gasteiger partial charge is 0.164 e. The monoisotopic (exact) mass is 353 g/mol. The number of rotatable bonds is 7. The predicted octanol–water partition coefficient (Wildman–Crippen LogP) is 4.20. The Morgan fingerprint density at radius 2 is 1.62 bits per heavy atom. The van der Waals surface area contributed by atoms with Crippen LogP contribution in [0.5, 0.6) is 0 Å². The van der Waals surface area contributed by atoms with Gasteiger partial charge in [-0.2, -0.15) is 5.06 Å². The molecule has 0 aliphatic carbocycles. The first-order chi connectivity index (χ1) is 12.5. The third kappa shape index (κ3) is 4.59. The quantitative estimate of drug-likeness (QED) is 0.598. The molecule has 1 aliphatic heterocycles. The number of ether oxygens (including phenoxy) is 2. The molecule has 0 spiro atoms. The molecule has 1 aliphatic rings. The van der Waals surface area contributed by atoms with Crippen LogP contribution in [0.4, 0.5) is 0 Å². The van der Waals surface area contributed by atoms with Crippen LogP contribution in [0.2, 0.25) is 0 Å². The maximum atomic E-state index is 10.9. The molecule has 0 bridgehead atoms. The van der Waals surface area contributed by atoms with Crippen LogP contribution in [0.1, 0.15) is 25.0 Å². The van der Waals surface area contributed by atoms with Gasteiger partial charge in [-0.1, -0.05) is 66.7 Å². The number of hydrogen-bond acceptors (Lipinski definition) is 4. The van der Waals surface area contributed by atoms with E-state index in [1.807, 2.05) is 62.4 Å². The van der Waals surface area contributed by atoms with Gasteiger partial charge in [-0.05, 0) is 31.4 Å². The molecule has 3 atom stereocenters. The average Bonchev–Trinajstić information content (AvgIpc) is 2.96. The van der Waals surface area contributed by atoms with E-state index >= 15 is 0 Å². The fourth-order valence-corrected chi connectivity index (χ4v) is 3.43. The van der Waals surface area contributed by atoms with Crippen LogP contribution in [0.3, 0.4) is 0 Å². The van der Waals surface area contributed by atoms with Crippen molar-refractivity contribution in [2.45, 2.75) is 50.8 Å². The van der Waals surface area contributed by atoms with Gasteiger partial charge in [-0.25, -0.2) is 0 Å². The van der Waals surface area contributed by atoms with Gasteiger partial charge in [0.25, 0.3) is 0 Å². The SMILES string of the molecule is C=C[C@H]1OC(C)(C)O[C@H]1[C@@H](Cc1ccccc1)N(O)Cc1ccccc1. The van der Waals surface area contributed by atoms with Crippen molar-refractivity contribution in [3.8, 4) is 0 Å². The van der Waals surface area contributed by atoms with Crippen LogP contribution in [-0.2, 0) is 22.4 Å². The van der Waals surface area contributed by atoms with Crippen LogP contribution in [0, 0.1) is 0 Å². The zero-order chi connectivity index (χ0) is 18.6. The molecular weight excluding hydrogens is 326 g/mol. The minimum absolute atomic E-state index is 0.262. The normalized spacial score (nSPS) is 23.1. The molecule has 0 radical (unpaired) electrons. The summed E-state index contributed by atoms with van der Waals surface area (Å²) in [5.41, 5.74) is 2.18. The van der Waals surface area contributed by atoms with E-state index in [9.17, 15) is 5.21 Å². The lowest BCUT2D eigenvalue weighted by molar-refractivity contribution is -0.188. The second-order valence-corrected chi connectivity index (χ2v) is 7.14. The van der Waals surface area contributed by atoms with Gasteiger partial charge in [0.1, 0.15) is 12.2 Å². The standard InChI is InChI=1S/C22H27NO3/c1-4-20-21(26-22(2,3)25-20)19(15-17-11-7-5-8-12-17)23(24)16-18-13-9-6-10-14-18/h4-14,19-21,24H,1,15-16H2,2-3H3/t19-,20-,21+/m1/s1. The van der Waals surface area contributed by atoms with Gasteiger partial charge in [-0.15, -0.1) is 6.58 Å². The van der Waals surface area contributed by atoms with E-state index in [2.05, 4.69) is 18.7 Å². The van der Waals surface area contributed by atoms with Crippen molar-refractivity contribution in [1.29, 1.82) is 0 Å². The Balaban J connectivity index is 1.84. The number of hydrogen-bond donors (Lipinski definition) is 1. The molecule has 0 amide bonds. The first-order valence-corrected chi connectivity index (χ1v) is 9.00. The van der Waals surface area contributed by atoms with E-state index in [-0.39, 0.29) is 18.2 Å². The molecule has 1 N–H and O–H groups in total. The molecule has 0 unspecified atom stereocenters. The molecule has 26 heavy (non-hydrogen) atoms. The Labute approximate surface area is 155 Å². The van der Waals surface area contributed by atoms with Crippen molar-refractivity contribution in [1.82, 2.24) is 5.06 Å². The minimum Gasteiger partial charge on any atom is -0.342 e. The van der Waals surface area contributed by atoms with Gasteiger partial charge in [0.2, 0.25) is 0 Å². The third-order valence-corrected chi connectivity index (χ3v) is 4.63. The van der Waals surface area contributed by atoms with Crippen LogP contribution >= 0.6 is 0 Å². The van der Waals surface area contributed by atoms with E-state index < -0.39 is 5.79 Å². The van der Waals surface area contributed by atoms with Gasteiger partial charge in [0.05, 0.1) is 6.04 Å². The third-order valence-electron chi connectivity index (χ3n) is 4.63. The summed E-state index contributed by atoms with van der Waals surface area (Å²) in [6.45, 7) is 8.09. The predicted molar refractivity (Wildman–Crippen MR) is 102 cm³/mol. The van der Waals surface area contributed by atoms with Crippen LogP contribution in [0.25, 0.3) is 0 Å². The number of benzene rings is 2. The Morgan fingerprint density at radius 3 is 2.19 bits per heavy atom. The van der Waals surface area contributed by atoms with Gasteiger partial charge < -0.3 is 14.7 Å². The van der Waals surface area contributed by atoms with E-state index in [1.54, 1.807) is 6.08 Å². The first-order valence-electron chi connectivity index (χ1n) is 9.00. The largest absolute Gasteiger partial charge is 0.342 e. The lowest BCUT2D eigenvalue weighted by atomic mass is 9.97. The fourth-order valence-electron chi connectivity index (χ4n) is 3.43. The highest BCUT2D eigenvalue weighted by Gasteiger charge is 2.45. The van der Waals surface area contributed by atoms with Crippen molar-refractivity contribution < 1.29 is 14.7 Å². The lowest BCUT2D eigenvalue weighted by Gasteiger charge is -2.32. The molecule has 2 aromatic rings. The molecule has 3 rings (SSSR count). The molecule has 2 aromatic carbocycles. The molecule has 138 valence electrons. The lowest BCUT2D eigenvalue weighted by Crippen LogP contribution is -2.47. The highest BCUT2D eigenvalue weighted by molar-refractivity contribution is 5.18. The number of nitrogens with zero attached hydrogens (tertiary/aromatic N) is 1. The van der Waals surface area contributed by atoms with Crippen molar-refractivity contribution in [2.75, 3.05) is 0 Å². The van der Waals surface area contributed by atoms with Crippen molar-refractivity contribution in [3.05, 3.63) is 84.4 Å². The second kappa shape index (κ2) is 8.14. The van der Waals surface area contributed by atoms with Gasteiger partial charge in [0.15, 0.2) is 5.79 Å². The summed E-state index contributed by atoms with van der Waals surface area (Å²) in [7, 11) is 0. The van der Waals surface area contributed by atoms with Gasteiger partial charge in [-0.3, -0.25) is 0 Å². The van der Waals surface area contributed by atoms with Crippen LogP contribution in [-0.4, -0.2) is 34.3 Å². The first kappa shape index (κ1) is 18.8. The molecule has 1 saturated heterocycles. The molecule has 4 nitrogen and oxygen atoms in total. The summed E-state index contributed by atoms with van der Waals surface area (Å²) >= 11 is 0. The molecule has 1 fully saturated rings. The van der Waals surface area contributed by atoms with Gasteiger partial charge in [0, 0.05) is 6.54 Å². The zero-order valence-corrected chi connectivity index (χ0v) is 15.4. The van der Waals surface area contributed by atoms with Gasteiger partial charge >= 0.3 is 0 Å². The summed E-state index contributed by atoms with van der Waals surface area (Å²) in [5, 5.41) is 12.3. The zero-order valence-electron chi connectivity index (χ0n) is 15.4. The maximum Gasteiger partial charge on any atom is 0.164 e.